The van der Waals surface area contributed by atoms with Crippen molar-refractivity contribution in [2.75, 3.05) is 6.54 Å². The molecule has 0 aromatic carbocycles. The van der Waals surface area contributed by atoms with Gasteiger partial charge in [-0.2, -0.15) is 0 Å². The van der Waals surface area contributed by atoms with Gasteiger partial charge < -0.3 is 10.6 Å². The lowest BCUT2D eigenvalue weighted by molar-refractivity contribution is -0.122. The van der Waals surface area contributed by atoms with Gasteiger partial charge in [0.1, 0.15) is 0 Å². The molecule has 0 bridgehead atoms. The Labute approximate surface area is 144 Å². The first kappa shape index (κ1) is 18.4. The molecule has 0 unspecified atom stereocenters. The van der Waals surface area contributed by atoms with Gasteiger partial charge in [-0.05, 0) is 56.1 Å². The van der Waals surface area contributed by atoms with Crippen molar-refractivity contribution in [1.82, 2.24) is 15.6 Å². The molecule has 132 valence electrons. The van der Waals surface area contributed by atoms with Crippen LogP contribution < -0.4 is 10.6 Å². The molecule has 0 aliphatic heterocycles. The van der Waals surface area contributed by atoms with E-state index < -0.39 is 0 Å². The van der Waals surface area contributed by atoms with Gasteiger partial charge in [-0.25, -0.2) is 0 Å². The highest BCUT2D eigenvalue weighted by Gasteiger charge is 2.30. The highest BCUT2D eigenvalue weighted by molar-refractivity contribution is 5.76. The Kier molecular flexibility index (Phi) is 7.22. The van der Waals surface area contributed by atoms with Gasteiger partial charge in [-0.3, -0.25) is 14.6 Å². The van der Waals surface area contributed by atoms with Gasteiger partial charge in [0.15, 0.2) is 0 Å². The average molecular weight is 331 g/mol. The highest BCUT2D eigenvalue weighted by atomic mass is 16.2. The summed E-state index contributed by atoms with van der Waals surface area (Å²) >= 11 is 0. The summed E-state index contributed by atoms with van der Waals surface area (Å²) in [5.74, 6) is 1.10. The number of nitrogens with zero attached hydrogens (tertiary/aromatic N) is 1. The van der Waals surface area contributed by atoms with E-state index in [0.717, 1.165) is 44.3 Å². The van der Waals surface area contributed by atoms with E-state index >= 15 is 0 Å². The number of hydrogen-bond donors (Lipinski definition) is 2. The van der Waals surface area contributed by atoms with Gasteiger partial charge in [0.2, 0.25) is 11.8 Å². The molecule has 0 spiro atoms. The Bertz CT molecular complexity index is 525. The standard InChI is InChI=1S/C19H29N3O2/c1-3-6-18(24)22-19(17-7-4-5-12-20-17)16-10-8-15(9-11-16)13-21-14(2)23/h4-5,7,12,15-16,19H,3,6,8-11,13H2,1-2H3,(H,21,23)(H,22,24)/t15?,16?,19-/m1/s1. The Hall–Kier alpha value is -1.91. The lowest BCUT2D eigenvalue weighted by atomic mass is 9.77. The molecule has 1 aromatic heterocycles. The topological polar surface area (TPSA) is 71.1 Å². The number of carbonyl (C=O) groups is 2. The van der Waals surface area contributed by atoms with Crippen LogP contribution in [0, 0.1) is 11.8 Å². The fourth-order valence-corrected chi connectivity index (χ4v) is 3.48. The molecule has 0 saturated heterocycles. The summed E-state index contributed by atoms with van der Waals surface area (Å²) in [7, 11) is 0. The van der Waals surface area contributed by atoms with Crippen LogP contribution in [0.25, 0.3) is 0 Å². The number of rotatable bonds is 7. The maximum Gasteiger partial charge on any atom is 0.220 e. The molecule has 0 radical (unpaired) electrons. The fourth-order valence-electron chi connectivity index (χ4n) is 3.48. The predicted octanol–water partition coefficient (Wildman–Crippen LogP) is 2.98. The largest absolute Gasteiger partial charge is 0.356 e. The number of nitrogens with one attached hydrogen (secondary N) is 2. The van der Waals surface area contributed by atoms with Crippen LogP contribution in [0.4, 0.5) is 0 Å². The van der Waals surface area contributed by atoms with Crippen molar-refractivity contribution in [3.8, 4) is 0 Å². The molecule has 1 heterocycles. The monoisotopic (exact) mass is 331 g/mol. The van der Waals surface area contributed by atoms with Gasteiger partial charge in [-0.1, -0.05) is 13.0 Å². The molecule has 1 fully saturated rings. The number of pyridine rings is 1. The van der Waals surface area contributed by atoms with Crippen molar-refractivity contribution in [3.05, 3.63) is 30.1 Å². The second-order valence-corrected chi connectivity index (χ2v) is 6.77. The van der Waals surface area contributed by atoms with Gasteiger partial charge in [0, 0.05) is 26.1 Å². The first-order chi connectivity index (χ1) is 11.6. The first-order valence-electron chi connectivity index (χ1n) is 9.04. The molecule has 1 aliphatic rings. The SMILES string of the molecule is CCCC(=O)N[C@@H](c1ccccn1)C1CCC(CNC(C)=O)CC1. The molecular formula is C19H29N3O2. The van der Waals surface area contributed by atoms with E-state index in [1.165, 1.54) is 0 Å². The molecular weight excluding hydrogens is 302 g/mol. The van der Waals surface area contributed by atoms with Crippen LogP contribution in [0.5, 0.6) is 0 Å². The Balaban J connectivity index is 1.98. The minimum atomic E-state index is -0.00744. The molecule has 24 heavy (non-hydrogen) atoms. The second-order valence-electron chi connectivity index (χ2n) is 6.77. The van der Waals surface area contributed by atoms with Crippen LogP contribution in [0.3, 0.4) is 0 Å². The van der Waals surface area contributed by atoms with Crippen molar-refractivity contribution >= 4 is 11.8 Å². The van der Waals surface area contributed by atoms with Crippen molar-refractivity contribution in [2.24, 2.45) is 11.8 Å². The third-order valence-corrected chi connectivity index (χ3v) is 4.80. The van der Waals surface area contributed by atoms with Crippen molar-refractivity contribution in [3.63, 3.8) is 0 Å². The van der Waals surface area contributed by atoms with Crippen LogP contribution in [-0.4, -0.2) is 23.3 Å². The quantitative estimate of drug-likeness (QED) is 0.807. The number of amides is 2. The molecule has 5 nitrogen and oxygen atoms in total. The minimum absolute atomic E-state index is 0.00744. The normalized spacial score (nSPS) is 21.8. The molecule has 1 saturated carbocycles. The molecule has 2 N–H and O–H groups in total. The van der Waals surface area contributed by atoms with E-state index in [9.17, 15) is 9.59 Å². The summed E-state index contributed by atoms with van der Waals surface area (Å²) in [5.41, 5.74) is 0.951. The van der Waals surface area contributed by atoms with E-state index in [1.54, 1.807) is 13.1 Å². The first-order valence-corrected chi connectivity index (χ1v) is 9.04. The molecule has 2 amide bonds. The van der Waals surface area contributed by atoms with E-state index in [-0.39, 0.29) is 17.9 Å². The predicted molar refractivity (Wildman–Crippen MR) is 94.2 cm³/mol. The van der Waals surface area contributed by atoms with E-state index in [2.05, 4.69) is 15.6 Å². The van der Waals surface area contributed by atoms with Gasteiger partial charge in [0.05, 0.1) is 11.7 Å². The minimum Gasteiger partial charge on any atom is -0.356 e. The molecule has 1 aromatic rings. The van der Waals surface area contributed by atoms with Gasteiger partial charge >= 0.3 is 0 Å². The number of carbonyl (C=O) groups excluding carboxylic acids is 2. The van der Waals surface area contributed by atoms with Crippen LogP contribution in [-0.2, 0) is 9.59 Å². The summed E-state index contributed by atoms with van der Waals surface area (Å²) in [5, 5.41) is 6.12. The number of aromatic nitrogens is 1. The van der Waals surface area contributed by atoms with Crippen LogP contribution in [0.15, 0.2) is 24.4 Å². The Morgan fingerprint density at radius 1 is 1.25 bits per heavy atom. The maximum atomic E-state index is 12.1. The Morgan fingerprint density at radius 3 is 2.58 bits per heavy atom. The Morgan fingerprint density at radius 2 is 2.00 bits per heavy atom. The van der Waals surface area contributed by atoms with E-state index in [0.29, 0.717) is 18.3 Å². The van der Waals surface area contributed by atoms with Crippen molar-refractivity contribution in [2.45, 2.75) is 58.4 Å². The summed E-state index contributed by atoms with van der Waals surface area (Å²) in [4.78, 5) is 27.7. The highest BCUT2D eigenvalue weighted by Crippen LogP contribution is 2.36. The zero-order chi connectivity index (χ0) is 17.4. The molecule has 1 aliphatic carbocycles. The number of hydrogen-bond acceptors (Lipinski definition) is 3. The van der Waals surface area contributed by atoms with Crippen molar-refractivity contribution < 1.29 is 9.59 Å². The zero-order valence-corrected chi connectivity index (χ0v) is 14.8. The average Bonchev–Trinajstić information content (AvgIpc) is 2.59. The van der Waals surface area contributed by atoms with Crippen LogP contribution in [0.1, 0.15) is 64.1 Å². The smallest absolute Gasteiger partial charge is 0.220 e. The van der Waals surface area contributed by atoms with Crippen LogP contribution in [0.2, 0.25) is 0 Å². The van der Waals surface area contributed by atoms with Crippen LogP contribution >= 0.6 is 0 Å². The van der Waals surface area contributed by atoms with Gasteiger partial charge in [0.25, 0.3) is 0 Å². The van der Waals surface area contributed by atoms with E-state index in [1.807, 2.05) is 25.1 Å². The summed E-state index contributed by atoms with van der Waals surface area (Å²) in [6.45, 7) is 4.34. The molecule has 1 atom stereocenters. The zero-order valence-electron chi connectivity index (χ0n) is 14.8. The van der Waals surface area contributed by atoms with E-state index in [4.69, 9.17) is 0 Å². The summed E-state index contributed by atoms with van der Waals surface area (Å²) < 4.78 is 0. The second kappa shape index (κ2) is 9.40. The molecule has 5 heteroatoms. The fraction of sp³-hybridized carbons (Fsp3) is 0.632. The molecule has 2 rings (SSSR count). The van der Waals surface area contributed by atoms with Gasteiger partial charge in [-0.15, -0.1) is 0 Å². The third-order valence-electron chi connectivity index (χ3n) is 4.80. The van der Waals surface area contributed by atoms with Crippen molar-refractivity contribution in [1.29, 1.82) is 0 Å². The lowest BCUT2D eigenvalue weighted by Gasteiger charge is -2.34. The maximum absolute atomic E-state index is 12.1. The summed E-state index contributed by atoms with van der Waals surface area (Å²) in [6.07, 6.45) is 7.47. The third kappa shape index (κ3) is 5.62. The lowest BCUT2D eigenvalue weighted by Crippen LogP contribution is -2.37. The summed E-state index contributed by atoms with van der Waals surface area (Å²) in [6, 6.07) is 5.87.